The highest BCUT2D eigenvalue weighted by Gasteiger charge is 2.23. The second-order valence-electron chi connectivity index (χ2n) is 7.73. The van der Waals surface area contributed by atoms with Gasteiger partial charge in [0.1, 0.15) is 6.04 Å². The third-order valence-electron chi connectivity index (χ3n) is 5.38. The Hall–Kier alpha value is -4.26. The monoisotopic (exact) mass is 440 g/mol. The van der Waals surface area contributed by atoms with Crippen LogP contribution in [0.2, 0.25) is 0 Å². The van der Waals surface area contributed by atoms with Gasteiger partial charge in [-0.2, -0.15) is 0 Å². The number of nitrogens with zero attached hydrogens (tertiary/aromatic N) is 2. The number of aromatic nitrogens is 2. The maximum absolute atomic E-state index is 13.0. The van der Waals surface area contributed by atoms with Gasteiger partial charge in [0.25, 0.3) is 11.5 Å². The van der Waals surface area contributed by atoms with Gasteiger partial charge < -0.3 is 10.6 Å². The molecule has 0 aliphatic heterocycles. The summed E-state index contributed by atoms with van der Waals surface area (Å²) in [4.78, 5) is 42.9. The fourth-order valence-electron chi connectivity index (χ4n) is 3.63. The summed E-state index contributed by atoms with van der Waals surface area (Å²) < 4.78 is 1.42. The van der Waals surface area contributed by atoms with E-state index >= 15 is 0 Å². The SMILES string of the molecule is Cc1cccc2c(=O)n(CCC(=O)NC(C(=O)Nc3ccccc3)c3ccccc3)cnc12. The molecule has 3 aromatic carbocycles. The van der Waals surface area contributed by atoms with E-state index in [1.54, 1.807) is 30.3 Å². The largest absolute Gasteiger partial charge is 0.340 e. The van der Waals surface area contributed by atoms with Crippen molar-refractivity contribution in [1.82, 2.24) is 14.9 Å². The van der Waals surface area contributed by atoms with Crippen LogP contribution in [0, 0.1) is 6.92 Å². The van der Waals surface area contributed by atoms with E-state index in [0.717, 1.165) is 5.56 Å². The molecule has 33 heavy (non-hydrogen) atoms. The van der Waals surface area contributed by atoms with Gasteiger partial charge in [0.05, 0.1) is 17.2 Å². The fraction of sp³-hybridized carbons (Fsp3) is 0.154. The third kappa shape index (κ3) is 5.15. The van der Waals surface area contributed by atoms with Crippen LogP contribution in [0.4, 0.5) is 5.69 Å². The van der Waals surface area contributed by atoms with Crippen molar-refractivity contribution in [2.75, 3.05) is 5.32 Å². The normalized spacial score (nSPS) is 11.7. The van der Waals surface area contributed by atoms with Gasteiger partial charge in [-0.3, -0.25) is 19.0 Å². The van der Waals surface area contributed by atoms with E-state index < -0.39 is 6.04 Å². The average molecular weight is 441 g/mol. The number of amides is 2. The van der Waals surface area contributed by atoms with E-state index in [2.05, 4.69) is 15.6 Å². The standard InChI is InChI=1S/C26H24N4O3/c1-18-9-8-14-21-23(18)27-17-30(26(21)33)16-15-22(31)29-24(19-10-4-2-5-11-19)25(32)28-20-12-6-3-7-13-20/h2-14,17,24H,15-16H2,1H3,(H,28,32)(H,29,31). The van der Waals surface area contributed by atoms with E-state index in [-0.39, 0.29) is 30.3 Å². The second kappa shape index (κ2) is 9.91. The molecule has 0 saturated heterocycles. The summed E-state index contributed by atoms with van der Waals surface area (Å²) in [6.07, 6.45) is 1.49. The predicted molar refractivity (Wildman–Crippen MR) is 128 cm³/mol. The predicted octanol–water partition coefficient (Wildman–Crippen LogP) is 3.59. The maximum atomic E-state index is 13.0. The van der Waals surface area contributed by atoms with Crippen molar-refractivity contribution in [2.45, 2.75) is 25.9 Å². The summed E-state index contributed by atoms with van der Waals surface area (Å²) in [7, 11) is 0. The van der Waals surface area contributed by atoms with Crippen LogP contribution in [0.15, 0.2) is 90.0 Å². The molecular weight excluding hydrogens is 416 g/mol. The first-order chi connectivity index (χ1) is 16.0. The number of para-hydroxylation sites is 2. The van der Waals surface area contributed by atoms with Gasteiger partial charge in [-0.25, -0.2) is 4.98 Å². The number of fused-ring (bicyclic) bond motifs is 1. The molecule has 0 aliphatic rings. The molecule has 0 spiro atoms. The quantitative estimate of drug-likeness (QED) is 0.459. The van der Waals surface area contributed by atoms with Crippen LogP contribution in [-0.4, -0.2) is 21.4 Å². The zero-order valence-corrected chi connectivity index (χ0v) is 18.2. The molecule has 0 radical (unpaired) electrons. The molecule has 1 aromatic heterocycles. The molecule has 7 nitrogen and oxygen atoms in total. The van der Waals surface area contributed by atoms with Crippen LogP contribution in [0.3, 0.4) is 0 Å². The molecule has 0 aliphatic carbocycles. The number of carbonyl (C=O) groups excluding carboxylic acids is 2. The minimum atomic E-state index is -0.868. The molecule has 4 rings (SSSR count). The summed E-state index contributed by atoms with van der Waals surface area (Å²) in [5, 5.41) is 6.15. The van der Waals surface area contributed by atoms with Crippen molar-refractivity contribution < 1.29 is 9.59 Å². The highest BCUT2D eigenvalue weighted by atomic mass is 16.2. The minimum Gasteiger partial charge on any atom is -0.340 e. The number of hydrogen-bond acceptors (Lipinski definition) is 4. The topological polar surface area (TPSA) is 93.1 Å². The van der Waals surface area contributed by atoms with Gasteiger partial charge >= 0.3 is 0 Å². The Morgan fingerprint density at radius 1 is 0.939 bits per heavy atom. The van der Waals surface area contributed by atoms with Crippen LogP contribution < -0.4 is 16.2 Å². The number of aryl methyl sites for hydroxylation is 2. The van der Waals surface area contributed by atoms with Gasteiger partial charge in [0.2, 0.25) is 5.91 Å². The lowest BCUT2D eigenvalue weighted by Gasteiger charge is -2.19. The zero-order chi connectivity index (χ0) is 23.2. The second-order valence-corrected chi connectivity index (χ2v) is 7.73. The Morgan fingerprint density at radius 3 is 2.36 bits per heavy atom. The number of benzene rings is 3. The van der Waals surface area contributed by atoms with Crippen molar-refractivity contribution in [3.63, 3.8) is 0 Å². The van der Waals surface area contributed by atoms with E-state index in [1.807, 2.05) is 55.5 Å². The lowest BCUT2D eigenvalue weighted by atomic mass is 10.1. The van der Waals surface area contributed by atoms with Gasteiger partial charge in [0, 0.05) is 18.7 Å². The van der Waals surface area contributed by atoms with Crippen molar-refractivity contribution in [1.29, 1.82) is 0 Å². The Morgan fingerprint density at radius 2 is 1.64 bits per heavy atom. The molecule has 1 heterocycles. The zero-order valence-electron chi connectivity index (χ0n) is 18.2. The molecular formula is C26H24N4O3. The summed E-state index contributed by atoms with van der Waals surface area (Å²) >= 11 is 0. The Bertz CT molecular complexity index is 1330. The smallest absolute Gasteiger partial charge is 0.261 e. The third-order valence-corrected chi connectivity index (χ3v) is 5.38. The first-order valence-corrected chi connectivity index (χ1v) is 10.7. The van der Waals surface area contributed by atoms with E-state index in [0.29, 0.717) is 22.2 Å². The first kappa shape index (κ1) is 22.0. The van der Waals surface area contributed by atoms with Crippen molar-refractivity contribution in [3.8, 4) is 0 Å². The van der Waals surface area contributed by atoms with Gasteiger partial charge in [-0.05, 0) is 36.2 Å². The molecule has 0 saturated carbocycles. The van der Waals surface area contributed by atoms with Crippen LogP contribution in [-0.2, 0) is 16.1 Å². The molecule has 2 amide bonds. The van der Waals surface area contributed by atoms with Crippen molar-refractivity contribution >= 4 is 28.4 Å². The molecule has 4 aromatic rings. The molecule has 7 heteroatoms. The van der Waals surface area contributed by atoms with E-state index in [4.69, 9.17) is 0 Å². The van der Waals surface area contributed by atoms with Crippen molar-refractivity contribution in [2.24, 2.45) is 0 Å². The molecule has 0 fully saturated rings. The number of hydrogen-bond donors (Lipinski definition) is 2. The molecule has 2 N–H and O–H groups in total. The number of anilines is 1. The molecule has 166 valence electrons. The van der Waals surface area contributed by atoms with Crippen LogP contribution in [0.1, 0.15) is 23.6 Å². The summed E-state index contributed by atoms with van der Waals surface area (Å²) in [5.41, 5.74) is 2.69. The van der Waals surface area contributed by atoms with Crippen LogP contribution >= 0.6 is 0 Å². The van der Waals surface area contributed by atoms with Crippen LogP contribution in [0.25, 0.3) is 10.9 Å². The van der Waals surface area contributed by atoms with Crippen molar-refractivity contribution in [3.05, 3.63) is 107 Å². The highest BCUT2D eigenvalue weighted by Crippen LogP contribution is 2.17. The van der Waals surface area contributed by atoms with E-state index in [1.165, 1.54) is 10.9 Å². The first-order valence-electron chi connectivity index (χ1n) is 10.7. The van der Waals surface area contributed by atoms with E-state index in [9.17, 15) is 14.4 Å². The minimum absolute atomic E-state index is 0.0286. The summed E-state index contributed by atoms with van der Waals surface area (Å²) in [6.45, 7) is 2.06. The highest BCUT2D eigenvalue weighted by molar-refractivity contribution is 5.97. The average Bonchev–Trinajstić information content (AvgIpc) is 2.84. The maximum Gasteiger partial charge on any atom is 0.261 e. The number of nitrogens with one attached hydrogen (secondary N) is 2. The van der Waals surface area contributed by atoms with Gasteiger partial charge in [-0.15, -0.1) is 0 Å². The summed E-state index contributed by atoms with van der Waals surface area (Å²) in [5.74, 6) is -0.691. The van der Waals surface area contributed by atoms with Crippen LogP contribution in [0.5, 0.6) is 0 Å². The molecule has 1 atom stereocenters. The fourth-order valence-corrected chi connectivity index (χ4v) is 3.63. The number of rotatable bonds is 7. The molecule has 1 unspecified atom stereocenters. The Labute approximate surface area is 191 Å². The Balaban J connectivity index is 1.48. The Kier molecular flexibility index (Phi) is 6.59. The summed E-state index contributed by atoms with van der Waals surface area (Å²) in [6, 6.07) is 22.7. The van der Waals surface area contributed by atoms with Gasteiger partial charge in [0.15, 0.2) is 0 Å². The molecule has 0 bridgehead atoms. The van der Waals surface area contributed by atoms with Gasteiger partial charge in [-0.1, -0.05) is 60.7 Å². The number of carbonyl (C=O) groups is 2. The lowest BCUT2D eigenvalue weighted by molar-refractivity contribution is -0.126. The lowest BCUT2D eigenvalue weighted by Crippen LogP contribution is -2.37.